The van der Waals surface area contributed by atoms with Crippen molar-refractivity contribution in [2.75, 3.05) is 13.2 Å². The Hall–Kier alpha value is -2.60. The van der Waals surface area contributed by atoms with Crippen molar-refractivity contribution in [3.05, 3.63) is 52.4 Å². The minimum Gasteiger partial charge on any atom is -0.508 e. The maximum atomic E-state index is 12.9. The molecule has 0 amide bonds. The van der Waals surface area contributed by atoms with Gasteiger partial charge in [-0.3, -0.25) is 4.79 Å². The molecule has 0 aromatic heterocycles. The Morgan fingerprint density at radius 3 is 2.61 bits per heavy atom. The molecule has 28 heavy (non-hydrogen) atoms. The van der Waals surface area contributed by atoms with Crippen molar-refractivity contribution in [3.63, 3.8) is 0 Å². The molecule has 0 fully saturated rings. The second-order valence-corrected chi connectivity index (χ2v) is 7.41. The van der Waals surface area contributed by atoms with Crippen LogP contribution in [0.5, 0.6) is 5.75 Å². The smallest absolute Gasteiger partial charge is 0.336 e. The molecule has 6 heteroatoms. The van der Waals surface area contributed by atoms with E-state index >= 15 is 0 Å². The summed E-state index contributed by atoms with van der Waals surface area (Å²) in [6.07, 6.45) is 2.11. The van der Waals surface area contributed by atoms with E-state index in [1.807, 2.05) is 20.8 Å². The van der Waals surface area contributed by atoms with Gasteiger partial charge < -0.3 is 19.9 Å². The number of aromatic hydroxyl groups is 1. The number of dihydropyridines is 1. The molecule has 0 saturated heterocycles. The third-order valence-corrected chi connectivity index (χ3v) is 4.99. The first-order chi connectivity index (χ1) is 13.4. The van der Waals surface area contributed by atoms with Crippen molar-refractivity contribution in [1.82, 2.24) is 5.32 Å². The van der Waals surface area contributed by atoms with Gasteiger partial charge in [0.1, 0.15) is 12.4 Å². The van der Waals surface area contributed by atoms with Gasteiger partial charge in [0.25, 0.3) is 0 Å². The second-order valence-electron chi connectivity index (χ2n) is 7.41. The van der Waals surface area contributed by atoms with E-state index in [1.165, 1.54) is 0 Å². The van der Waals surface area contributed by atoms with Gasteiger partial charge in [0, 0.05) is 29.3 Å². The second kappa shape index (κ2) is 8.61. The van der Waals surface area contributed by atoms with E-state index in [0.717, 1.165) is 24.1 Å². The minimum absolute atomic E-state index is 0.0489. The van der Waals surface area contributed by atoms with Crippen LogP contribution in [0.15, 0.2) is 46.8 Å². The summed E-state index contributed by atoms with van der Waals surface area (Å²) in [5, 5.41) is 12.9. The molecule has 0 spiro atoms. The summed E-state index contributed by atoms with van der Waals surface area (Å²) in [5.41, 5.74) is 3.43. The Kier molecular flexibility index (Phi) is 6.19. The largest absolute Gasteiger partial charge is 0.508 e. The molecule has 2 N–H and O–H groups in total. The highest BCUT2D eigenvalue weighted by Crippen LogP contribution is 2.42. The molecular weight excluding hydrogens is 358 g/mol. The van der Waals surface area contributed by atoms with Crippen LogP contribution in [-0.4, -0.2) is 36.2 Å². The summed E-state index contributed by atoms with van der Waals surface area (Å²) in [4.78, 5) is 25.7. The van der Waals surface area contributed by atoms with Crippen molar-refractivity contribution in [1.29, 1.82) is 0 Å². The number of rotatable bonds is 6. The van der Waals surface area contributed by atoms with Gasteiger partial charge in [0.05, 0.1) is 18.3 Å². The fourth-order valence-corrected chi connectivity index (χ4v) is 3.75. The Balaban J connectivity index is 1.93. The van der Waals surface area contributed by atoms with Crippen molar-refractivity contribution >= 4 is 11.8 Å². The molecule has 0 bridgehead atoms. The highest BCUT2D eigenvalue weighted by Gasteiger charge is 2.39. The average Bonchev–Trinajstić information content (AvgIpc) is 2.64. The maximum Gasteiger partial charge on any atom is 0.336 e. The van der Waals surface area contributed by atoms with Crippen LogP contribution in [0.2, 0.25) is 0 Å². The van der Waals surface area contributed by atoms with Crippen LogP contribution in [0.1, 0.15) is 51.5 Å². The predicted octanol–water partition coefficient (Wildman–Crippen LogP) is 3.33. The fraction of sp³-hybridized carbons (Fsp3) is 0.455. The van der Waals surface area contributed by atoms with E-state index in [-0.39, 0.29) is 24.2 Å². The quantitative estimate of drug-likeness (QED) is 0.577. The van der Waals surface area contributed by atoms with Crippen LogP contribution in [0.4, 0.5) is 0 Å². The number of esters is 1. The number of hydrogen-bond donors (Lipinski definition) is 2. The number of allylic oxidation sites excluding steroid dienone is 3. The first-order valence-electron chi connectivity index (χ1n) is 9.70. The number of ketones is 1. The van der Waals surface area contributed by atoms with Gasteiger partial charge in [-0.05, 0) is 51.3 Å². The molecule has 1 aliphatic carbocycles. The molecule has 6 nitrogen and oxygen atoms in total. The highest BCUT2D eigenvalue weighted by molar-refractivity contribution is 6.03. The number of benzene rings is 1. The molecule has 1 aliphatic heterocycles. The third-order valence-electron chi connectivity index (χ3n) is 4.99. The topological polar surface area (TPSA) is 84.9 Å². The van der Waals surface area contributed by atoms with Gasteiger partial charge in [-0.15, -0.1) is 0 Å². The molecule has 1 heterocycles. The number of carbonyl (C=O) groups excluding carboxylic acids is 2. The predicted molar refractivity (Wildman–Crippen MR) is 105 cm³/mol. The first kappa shape index (κ1) is 20.1. The third kappa shape index (κ3) is 4.28. The highest BCUT2D eigenvalue weighted by atomic mass is 16.6. The van der Waals surface area contributed by atoms with Crippen LogP contribution in [0.25, 0.3) is 0 Å². The van der Waals surface area contributed by atoms with Gasteiger partial charge >= 0.3 is 5.97 Å². The molecule has 0 saturated carbocycles. The summed E-state index contributed by atoms with van der Waals surface area (Å²) in [7, 11) is 0. The van der Waals surface area contributed by atoms with E-state index in [4.69, 9.17) is 9.47 Å². The molecule has 0 radical (unpaired) electrons. The summed E-state index contributed by atoms with van der Waals surface area (Å²) in [6.45, 7) is 6.14. The Morgan fingerprint density at radius 1 is 1.21 bits per heavy atom. The summed E-state index contributed by atoms with van der Waals surface area (Å²) in [6, 6.07) is 6.64. The SMILES string of the molecule is CC1=C(C(=O)OCCOC(C)C)C(c2ccc(O)cc2)C2=C(CCCC2=O)N1. The molecule has 2 aliphatic rings. The summed E-state index contributed by atoms with van der Waals surface area (Å²) >= 11 is 0. The number of phenols is 1. The van der Waals surface area contributed by atoms with E-state index in [9.17, 15) is 14.7 Å². The van der Waals surface area contributed by atoms with Gasteiger partial charge in [-0.1, -0.05) is 12.1 Å². The number of ether oxygens (including phenoxy) is 2. The van der Waals surface area contributed by atoms with Crippen molar-refractivity contribution in [3.8, 4) is 5.75 Å². The fourth-order valence-electron chi connectivity index (χ4n) is 3.75. The van der Waals surface area contributed by atoms with Gasteiger partial charge in [0.15, 0.2) is 5.78 Å². The Morgan fingerprint density at radius 2 is 1.93 bits per heavy atom. The molecule has 1 unspecified atom stereocenters. The van der Waals surface area contributed by atoms with Crippen LogP contribution in [0.3, 0.4) is 0 Å². The molecule has 1 atom stereocenters. The van der Waals surface area contributed by atoms with Gasteiger partial charge in [-0.25, -0.2) is 4.79 Å². The van der Waals surface area contributed by atoms with Gasteiger partial charge in [-0.2, -0.15) is 0 Å². The van der Waals surface area contributed by atoms with Crippen LogP contribution >= 0.6 is 0 Å². The average molecular weight is 385 g/mol. The number of phenolic OH excluding ortho intramolecular Hbond substituents is 1. The number of carbonyl (C=O) groups is 2. The van der Waals surface area contributed by atoms with Crippen LogP contribution in [-0.2, 0) is 19.1 Å². The first-order valence-corrected chi connectivity index (χ1v) is 9.70. The molecule has 3 rings (SSSR count). The molecule has 1 aromatic rings. The van der Waals surface area contributed by atoms with E-state index < -0.39 is 11.9 Å². The zero-order chi connectivity index (χ0) is 20.3. The van der Waals surface area contributed by atoms with E-state index in [0.29, 0.717) is 29.9 Å². The van der Waals surface area contributed by atoms with Crippen molar-refractivity contribution in [2.24, 2.45) is 0 Å². The molecule has 150 valence electrons. The maximum absolute atomic E-state index is 12.9. The Bertz CT molecular complexity index is 820. The monoisotopic (exact) mass is 385 g/mol. The minimum atomic E-state index is -0.497. The lowest BCUT2D eigenvalue weighted by Gasteiger charge is -2.34. The summed E-state index contributed by atoms with van der Waals surface area (Å²) < 4.78 is 10.9. The summed E-state index contributed by atoms with van der Waals surface area (Å²) in [5.74, 6) is -0.770. The van der Waals surface area contributed by atoms with Crippen LogP contribution < -0.4 is 5.32 Å². The lowest BCUT2D eigenvalue weighted by atomic mass is 9.75. The van der Waals surface area contributed by atoms with Crippen molar-refractivity contribution < 1.29 is 24.2 Å². The lowest BCUT2D eigenvalue weighted by Crippen LogP contribution is -2.34. The number of hydrogen-bond acceptors (Lipinski definition) is 6. The van der Waals surface area contributed by atoms with Gasteiger partial charge in [0.2, 0.25) is 0 Å². The number of nitrogens with one attached hydrogen (secondary N) is 1. The zero-order valence-electron chi connectivity index (χ0n) is 16.6. The van der Waals surface area contributed by atoms with E-state index in [1.54, 1.807) is 24.3 Å². The number of Topliss-reactive ketones (excluding diaryl/α,β-unsaturated/α-hetero) is 1. The van der Waals surface area contributed by atoms with Crippen molar-refractivity contribution in [2.45, 2.75) is 52.1 Å². The van der Waals surface area contributed by atoms with E-state index in [2.05, 4.69) is 5.32 Å². The lowest BCUT2D eigenvalue weighted by molar-refractivity contribution is -0.141. The Labute approximate surface area is 165 Å². The molecule has 1 aromatic carbocycles. The zero-order valence-corrected chi connectivity index (χ0v) is 16.6. The van der Waals surface area contributed by atoms with Crippen LogP contribution in [0, 0.1) is 0 Å². The normalized spacial score (nSPS) is 19.6. The standard InChI is InChI=1S/C22H27NO5/c1-13(2)27-11-12-28-22(26)19-14(3)23-17-5-4-6-18(25)21(17)20(19)15-7-9-16(24)10-8-15/h7-10,13,20,23-24H,4-6,11-12H2,1-3H3. The molecular formula is C22H27NO5.